The molecule has 0 amide bonds. The number of hydrogen-bond donors (Lipinski definition) is 2. The summed E-state index contributed by atoms with van der Waals surface area (Å²) in [6, 6.07) is 7.20. The van der Waals surface area contributed by atoms with E-state index >= 15 is 0 Å². The maximum Gasteiger partial charge on any atom is 0.163 e. The molecule has 6 heteroatoms. The van der Waals surface area contributed by atoms with E-state index in [1.807, 2.05) is 26.0 Å². The van der Waals surface area contributed by atoms with Crippen LogP contribution in [-0.2, 0) is 0 Å². The lowest BCUT2D eigenvalue weighted by Gasteiger charge is -2.11. The van der Waals surface area contributed by atoms with Gasteiger partial charge in [0.05, 0.1) is 17.5 Å². The Bertz CT molecular complexity index is 819. The largest absolute Gasteiger partial charge is 0.345 e. The Morgan fingerprint density at radius 1 is 1.20 bits per heavy atom. The second-order valence-electron chi connectivity index (χ2n) is 4.20. The zero-order chi connectivity index (χ0) is 14.7. The number of fused-ring (bicyclic) bond motifs is 1. The van der Waals surface area contributed by atoms with Crippen LogP contribution in [0, 0.1) is 47.8 Å². The molecular weight excluding hydrogens is 252 g/mol. The summed E-state index contributed by atoms with van der Waals surface area (Å²) in [5.74, 6) is 0. The third-order valence-electron chi connectivity index (χ3n) is 3.07. The van der Waals surface area contributed by atoms with E-state index < -0.39 is 0 Å². The van der Waals surface area contributed by atoms with Crippen molar-refractivity contribution in [1.82, 2.24) is 9.97 Å². The average Bonchev–Trinajstić information content (AvgIpc) is 2.90. The molecule has 1 aromatic carbocycles. The maximum atomic E-state index is 9.10. The van der Waals surface area contributed by atoms with Gasteiger partial charge in [-0.15, -0.1) is 0 Å². The summed E-state index contributed by atoms with van der Waals surface area (Å²) in [5.41, 5.74) is 3.70. The molecule has 0 fully saturated rings. The number of imidazole rings is 1. The quantitative estimate of drug-likeness (QED) is 0.807. The summed E-state index contributed by atoms with van der Waals surface area (Å²) in [6.07, 6.45) is 1.56. The number of nitriles is 3. The molecule has 0 aliphatic rings. The Labute approximate surface area is 115 Å². The summed E-state index contributed by atoms with van der Waals surface area (Å²) in [7, 11) is 0. The molecule has 2 rings (SSSR count). The van der Waals surface area contributed by atoms with Gasteiger partial charge in [-0.25, -0.2) is 4.98 Å². The number of aryl methyl sites for hydroxylation is 1. The van der Waals surface area contributed by atoms with Gasteiger partial charge in [0.15, 0.2) is 5.57 Å². The lowest BCUT2D eigenvalue weighted by molar-refractivity contribution is 1.31. The van der Waals surface area contributed by atoms with Crippen LogP contribution in [0.2, 0.25) is 0 Å². The Kier molecular flexibility index (Phi) is 3.37. The molecule has 0 aliphatic heterocycles. The summed E-state index contributed by atoms with van der Waals surface area (Å²) in [6.45, 7) is 3.82. The van der Waals surface area contributed by atoms with E-state index in [-0.39, 0.29) is 11.3 Å². The molecule has 0 bridgehead atoms. The van der Waals surface area contributed by atoms with Gasteiger partial charge in [0.25, 0.3) is 0 Å². The van der Waals surface area contributed by atoms with Gasteiger partial charge < -0.3 is 10.3 Å². The van der Waals surface area contributed by atoms with Crippen molar-refractivity contribution in [1.29, 1.82) is 15.8 Å². The summed E-state index contributed by atoms with van der Waals surface area (Å²) in [5, 5.41) is 29.7. The topological polar surface area (TPSA) is 112 Å². The lowest BCUT2D eigenvalue weighted by atomic mass is 10.1. The molecule has 0 saturated heterocycles. The van der Waals surface area contributed by atoms with Crippen molar-refractivity contribution in [2.24, 2.45) is 0 Å². The molecule has 6 nitrogen and oxygen atoms in total. The molecule has 0 unspecified atom stereocenters. The molecule has 0 saturated carbocycles. The molecule has 0 atom stereocenters. The normalized spacial score (nSPS) is 9.35. The number of rotatable bonds is 2. The monoisotopic (exact) mass is 262 g/mol. The van der Waals surface area contributed by atoms with Crippen molar-refractivity contribution in [3.8, 4) is 18.2 Å². The minimum Gasteiger partial charge on any atom is -0.345 e. The Hall–Kier alpha value is -3.30. The number of aromatic nitrogens is 2. The number of benzene rings is 1. The molecule has 96 valence electrons. The zero-order valence-electron chi connectivity index (χ0n) is 10.9. The number of aromatic amines is 1. The highest BCUT2D eigenvalue weighted by molar-refractivity contribution is 5.92. The SMILES string of the molecule is Cc1cc2[nH]cnc2c(NC(C#N)=C(C#N)C#N)c1C. The highest BCUT2D eigenvalue weighted by Gasteiger charge is 2.13. The van der Waals surface area contributed by atoms with Crippen molar-refractivity contribution >= 4 is 16.7 Å². The van der Waals surface area contributed by atoms with Gasteiger partial charge >= 0.3 is 0 Å². The second-order valence-corrected chi connectivity index (χ2v) is 4.20. The van der Waals surface area contributed by atoms with Crippen LogP contribution >= 0.6 is 0 Å². The first-order valence-electron chi connectivity index (χ1n) is 5.77. The second kappa shape index (κ2) is 5.14. The lowest BCUT2D eigenvalue weighted by Crippen LogP contribution is -2.04. The highest BCUT2D eigenvalue weighted by Crippen LogP contribution is 2.29. The molecule has 1 heterocycles. The fourth-order valence-electron chi connectivity index (χ4n) is 1.87. The van der Waals surface area contributed by atoms with Crippen molar-refractivity contribution in [3.63, 3.8) is 0 Å². The van der Waals surface area contributed by atoms with Crippen molar-refractivity contribution in [2.45, 2.75) is 13.8 Å². The molecule has 20 heavy (non-hydrogen) atoms. The number of hydrogen-bond acceptors (Lipinski definition) is 5. The third-order valence-corrected chi connectivity index (χ3v) is 3.07. The molecular formula is C14H10N6. The summed E-state index contributed by atoms with van der Waals surface area (Å²) >= 11 is 0. The van der Waals surface area contributed by atoms with E-state index in [4.69, 9.17) is 15.8 Å². The minimum atomic E-state index is -0.253. The molecule has 0 spiro atoms. The predicted octanol–water partition coefficient (Wildman–Crippen LogP) is 2.42. The van der Waals surface area contributed by atoms with Gasteiger partial charge in [-0.3, -0.25) is 0 Å². The Morgan fingerprint density at radius 2 is 1.90 bits per heavy atom. The van der Waals surface area contributed by atoms with Crippen LogP contribution in [0.1, 0.15) is 11.1 Å². The molecule has 0 radical (unpaired) electrons. The van der Waals surface area contributed by atoms with Crippen molar-refractivity contribution < 1.29 is 0 Å². The standard InChI is InChI=1S/C14H10N6/c1-8-3-11-14(19-7-18-11)13(9(8)2)20-12(6-17)10(4-15)5-16/h3,7,20H,1-2H3,(H,18,19). The molecule has 2 N–H and O–H groups in total. The first-order chi connectivity index (χ1) is 9.62. The van der Waals surface area contributed by atoms with E-state index in [1.165, 1.54) is 0 Å². The van der Waals surface area contributed by atoms with Crippen LogP contribution in [-0.4, -0.2) is 9.97 Å². The minimum absolute atomic E-state index is 0.0759. The maximum absolute atomic E-state index is 9.10. The molecule has 0 aliphatic carbocycles. The van der Waals surface area contributed by atoms with E-state index in [9.17, 15) is 0 Å². The van der Waals surface area contributed by atoms with Gasteiger partial charge in [0, 0.05) is 0 Å². The van der Waals surface area contributed by atoms with E-state index in [1.54, 1.807) is 18.5 Å². The van der Waals surface area contributed by atoms with Crippen LogP contribution < -0.4 is 5.32 Å². The number of H-pyrrole nitrogens is 1. The Morgan fingerprint density at radius 3 is 2.50 bits per heavy atom. The number of anilines is 1. The van der Waals surface area contributed by atoms with Gasteiger partial charge in [0.1, 0.15) is 29.4 Å². The first-order valence-corrected chi connectivity index (χ1v) is 5.77. The molecule has 2 aromatic rings. The highest BCUT2D eigenvalue weighted by atomic mass is 15.0. The van der Waals surface area contributed by atoms with Gasteiger partial charge in [-0.2, -0.15) is 15.8 Å². The predicted molar refractivity (Wildman–Crippen MR) is 73.1 cm³/mol. The number of nitrogens with one attached hydrogen (secondary N) is 2. The first kappa shape index (κ1) is 13.1. The fraction of sp³-hybridized carbons (Fsp3) is 0.143. The third kappa shape index (κ3) is 2.05. The van der Waals surface area contributed by atoms with Gasteiger partial charge in [0.2, 0.25) is 0 Å². The van der Waals surface area contributed by atoms with Crippen molar-refractivity contribution in [2.75, 3.05) is 5.32 Å². The van der Waals surface area contributed by atoms with Gasteiger partial charge in [-0.1, -0.05) is 0 Å². The van der Waals surface area contributed by atoms with E-state index in [0.717, 1.165) is 16.6 Å². The van der Waals surface area contributed by atoms with Crippen LogP contribution in [0.15, 0.2) is 23.7 Å². The van der Waals surface area contributed by atoms with Crippen LogP contribution in [0.3, 0.4) is 0 Å². The number of allylic oxidation sites excluding steroid dienone is 2. The summed E-state index contributed by atoms with van der Waals surface area (Å²) in [4.78, 5) is 7.20. The van der Waals surface area contributed by atoms with Crippen LogP contribution in [0.25, 0.3) is 11.0 Å². The fourth-order valence-corrected chi connectivity index (χ4v) is 1.87. The van der Waals surface area contributed by atoms with E-state index in [2.05, 4.69) is 15.3 Å². The van der Waals surface area contributed by atoms with Gasteiger partial charge in [-0.05, 0) is 31.0 Å². The van der Waals surface area contributed by atoms with Crippen LogP contribution in [0.4, 0.5) is 5.69 Å². The van der Waals surface area contributed by atoms with E-state index in [0.29, 0.717) is 11.2 Å². The summed E-state index contributed by atoms with van der Waals surface area (Å²) < 4.78 is 0. The number of nitrogens with zero attached hydrogens (tertiary/aromatic N) is 4. The van der Waals surface area contributed by atoms with Crippen molar-refractivity contribution in [3.05, 3.63) is 34.8 Å². The average molecular weight is 262 g/mol. The Balaban J connectivity index is 2.66. The zero-order valence-corrected chi connectivity index (χ0v) is 10.9. The molecule has 1 aromatic heterocycles. The van der Waals surface area contributed by atoms with Crippen LogP contribution in [0.5, 0.6) is 0 Å². The smallest absolute Gasteiger partial charge is 0.163 e.